The number of benzene rings is 1. The lowest BCUT2D eigenvalue weighted by molar-refractivity contribution is 0.316. The monoisotopic (exact) mass is 371 g/mol. The molecule has 1 rings (SSSR count). The van der Waals surface area contributed by atoms with Gasteiger partial charge in [0.15, 0.2) is 0 Å². The number of aromatic hydroxyl groups is 1. The Kier molecular flexibility index (Phi) is 5.80. The van der Waals surface area contributed by atoms with Gasteiger partial charge in [0.05, 0.1) is 4.47 Å². The molecule has 0 aliphatic carbocycles. The molecule has 0 unspecified atom stereocenters. The van der Waals surface area contributed by atoms with Crippen molar-refractivity contribution in [1.82, 2.24) is 0 Å². The van der Waals surface area contributed by atoms with Crippen LogP contribution in [-0.4, -0.2) is 5.11 Å². The summed E-state index contributed by atoms with van der Waals surface area (Å²) < 4.78 is 1.51. The van der Waals surface area contributed by atoms with Crippen molar-refractivity contribution in [2.75, 3.05) is 0 Å². The van der Waals surface area contributed by atoms with E-state index in [1.165, 1.54) is 0 Å². The second-order valence-corrected chi connectivity index (χ2v) is 6.34. The zero-order chi connectivity index (χ0) is 11.8. The molecule has 1 aromatic carbocycles. The first kappa shape index (κ1) is 16.2. The summed E-state index contributed by atoms with van der Waals surface area (Å²) in [6, 6.07) is 3.45. The van der Waals surface area contributed by atoms with Crippen LogP contribution >= 0.6 is 44.3 Å². The predicted octanol–water partition coefficient (Wildman–Crippen LogP) is 4.38. The average Bonchev–Trinajstić information content (AvgIpc) is 2.10. The first-order chi connectivity index (χ1) is 6.75. The van der Waals surface area contributed by atoms with Crippen molar-refractivity contribution in [3.05, 3.63) is 26.6 Å². The molecule has 92 valence electrons. The van der Waals surface area contributed by atoms with E-state index >= 15 is 0 Å². The van der Waals surface area contributed by atoms with Gasteiger partial charge in [-0.2, -0.15) is 0 Å². The average molecular weight is 374 g/mol. The van der Waals surface area contributed by atoms with E-state index < -0.39 is 0 Å². The predicted molar refractivity (Wildman–Crippen MR) is 77.1 cm³/mol. The molecule has 1 atom stereocenters. The Morgan fingerprint density at radius 2 is 1.62 bits per heavy atom. The maximum absolute atomic E-state index is 9.96. The number of halogens is 3. The third-order valence-electron chi connectivity index (χ3n) is 2.36. The van der Waals surface area contributed by atoms with Gasteiger partial charge < -0.3 is 10.8 Å². The molecule has 0 radical (unpaired) electrons. The summed E-state index contributed by atoms with van der Waals surface area (Å²) in [6.45, 7) is 6.14. The minimum atomic E-state index is -0.218. The highest BCUT2D eigenvalue weighted by Gasteiger charge is 2.27. The highest BCUT2D eigenvalue weighted by atomic mass is 79.9. The molecule has 1 aromatic rings. The lowest BCUT2D eigenvalue weighted by Gasteiger charge is -2.29. The Morgan fingerprint density at radius 1 is 1.19 bits per heavy atom. The lowest BCUT2D eigenvalue weighted by atomic mass is 9.83. The summed E-state index contributed by atoms with van der Waals surface area (Å²) in [7, 11) is 0. The summed E-state index contributed by atoms with van der Waals surface area (Å²) in [5.41, 5.74) is 6.78. The zero-order valence-electron chi connectivity index (χ0n) is 9.42. The standard InChI is InChI=1S/C11H15Br2NO.ClH/c1-11(2,3)10(14)8-6(12)4-5-7(13)9(8)15;/h4-5,10,15H,14H2,1-3H3;1H/t10-;/m1./s1. The van der Waals surface area contributed by atoms with Crippen LogP contribution in [0.4, 0.5) is 0 Å². The molecule has 3 N–H and O–H groups in total. The van der Waals surface area contributed by atoms with Crippen LogP contribution in [0.2, 0.25) is 0 Å². The maximum Gasteiger partial charge on any atom is 0.135 e. The van der Waals surface area contributed by atoms with Gasteiger partial charge >= 0.3 is 0 Å². The Labute approximate surface area is 119 Å². The molecule has 0 saturated heterocycles. The largest absolute Gasteiger partial charge is 0.506 e. The van der Waals surface area contributed by atoms with Gasteiger partial charge in [-0.25, -0.2) is 0 Å². The van der Waals surface area contributed by atoms with E-state index in [9.17, 15) is 5.11 Å². The minimum Gasteiger partial charge on any atom is -0.506 e. The van der Waals surface area contributed by atoms with Crippen molar-refractivity contribution >= 4 is 44.3 Å². The van der Waals surface area contributed by atoms with E-state index in [2.05, 4.69) is 31.9 Å². The fourth-order valence-electron chi connectivity index (χ4n) is 1.29. The zero-order valence-corrected chi connectivity index (χ0v) is 13.4. The van der Waals surface area contributed by atoms with Gasteiger partial charge in [0, 0.05) is 16.1 Å². The molecule has 0 aliphatic rings. The van der Waals surface area contributed by atoms with Gasteiger partial charge in [0.2, 0.25) is 0 Å². The number of hydrogen-bond acceptors (Lipinski definition) is 2. The first-order valence-corrected chi connectivity index (χ1v) is 6.26. The van der Waals surface area contributed by atoms with Gasteiger partial charge in [0.1, 0.15) is 5.75 Å². The number of phenolic OH excluding ortho intramolecular Hbond substituents is 1. The fourth-order valence-corrected chi connectivity index (χ4v) is 2.20. The maximum atomic E-state index is 9.96. The van der Waals surface area contributed by atoms with Crippen LogP contribution in [0, 0.1) is 5.41 Å². The minimum absolute atomic E-state index is 0. The molecule has 0 aromatic heterocycles. The van der Waals surface area contributed by atoms with E-state index in [0.29, 0.717) is 4.47 Å². The van der Waals surface area contributed by atoms with Gasteiger partial charge in [-0.05, 0) is 33.5 Å². The summed E-state index contributed by atoms with van der Waals surface area (Å²) in [5, 5.41) is 9.96. The lowest BCUT2D eigenvalue weighted by Crippen LogP contribution is -2.26. The van der Waals surface area contributed by atoms with Crippen LogP contribution in [0.3, 0.4) is 0 Å². The summed E-state index contributed by atoms with van der Waals surface area (Å²) in [4.78, 5) is 0. The van der Waals surface area contributed by atoms with Crippen molar-refractivity contribution in [3.63, 3.8) is 0 Å². The molecule has 0 fully saturated rings. The Balaban J connectivity index is 0.00000225. The van der Waals surface area contributed by atoms with Crippen molar-refractivity contribution in [2.24, 2.45) is 11.1 Å². The quantitative estimate of drug-likeness (QED) is 0.767. The van der Waals surface area contributed by atoms with Crippen molar-refractivity contribution in [1.29, 1.82) is 0 Å². The smallest absolute Gasteiger partial charge is 0.135 e. The van der Waals surface area contributed by atoms with Gasteiger partial charge in [0.25, 0.3) is 0 Å². The van der Waals surface area contributed by atoms with Crippen LogP contribution in [0.25, 0.3) is 0 Å². The summed E-state index contributed by atoms with van der Waals surface area (Å²) in [6.07, 6.45) is 0. The molecule has 16 heavy (non-hydrogen) atoms. The topological polar surface area (TPSA) is 46.2 Å². The molecule has 0 aliphatic heterocycles. The van der Waals surface area contributed by atoms with Crippen LogP contribution in [-0.2, 0) is 0 Å². The highest BCUT2D eigenvalue weighted by molar-refractivity contribution is 9.11. The van der Waals surface area contributed by atoms with Gasteiger partial charge in [-0.15, -0.1) is 12.4 Å². The normalized spacial score (nSPS) is 13.1. The molecule has 0 spiro atoms. The van der Waals surface area contributed by atoms with Crippen LogP contribution < -0.4 is 5.73 Å². The summed E-state index contributed by atoms with van der Waals surface area (Å²) in [5.74, 6) is 0.215. The second kappa shape index (κ2) is 5.71. The molecule has 0 amide bonds. The highest BCUT2D eigenvalue weighted by Crippen LogP contribution is 2.42. The van der Waals surface area contributed by atoms with Crippen molar-refractivity contribution in [2.45, 2.75) is 26.8 Å². The number of phenols is 1. The van der Waals surface area contributed by atoms with Crippen molar-refractivity contribution in [3.8, 4) is 5.75 Å². The van der Waals surface area contributed by atoms with Crippen LogP contribution in [0.5, 0.6) is 5.75 Å². The number of rotatable bonds is 1. The van der Waals surface area contributed by atoms with Gasteiger partial charge in [-0.3, -0.25) is 0 Å². The van der Waals surface area contributed by atoms with E-state index in [1.54, 1.807) is 6.07 Å². The molecule has 0 heterocycles. The third kappa shape index (κ3) is 3.36. The summed E-state index contributed by atoms with van der Waals surface area (Å²) >= 11 is 6.70. The molecule has 0 bridgehead atoms. The van der Waals surface area contributed by atoms with E-state index in [-0.39, 0.29) is 29.6 Å². The molecular formula is C11H16Br2ClNO. The Morgan fingerprint density at radius 3 is 2.06 bits per heavy atom. The van der Waals surface area contributed by atoms with E-state index in [4.69, 9.17) is 5.73 Å². The molecule has 5 heteroatoms. The van der Waals surface area contributed by atoms with Gasteiger partial charge in [-0.1, -0.05) is 36.7 Å². The van der Waals surface area contributed by atoms with Crippen molar-refractivity contribution < 1.29 is 5.11 Å². The van der Waals surface area contributed by atoms with Crippen LogP contribution in [0.1, 0.15) is 32.4 Å². The number of nitrogens with two attached hydrogens (primary N) is 1. The van der Waals surface area contributed by atoms with E-state index in [1.807, 2.05) is 26.8 Å². The SMILES string of the molecule is CC(C)(C)[C@H](N)c1c(Br)ccc(Br)c1O.Cl. The Bertz CT molecular complexity index is 377. The molecule has 2 nitrogen and oxygen atoms in total. The molecule has 0 saturated carbocycles. The Hall–Kier alpha value is 0.230. The fraction of sp³-hybridized carbons (Fsp3) is 0.455. The number of hydrogen-bond donors (Lipinski definition) is 2. The van der Waals surface area contributed by atoms with Crippen LogP contribution in [0.15, 0.2) is 21.1 Å². The molecular weight excluding hydrogens is 357 g/mol. The third-order valence-corrected chi connectivity index (χ3v) is 3.69. The van der Waals surface area contributed by atoms with E-state index in [0.717, 1.165) is 10.0 Å². The first-order valence-electron chi connectivity index (χ1n) is 4.67. The second-order valence-electron chi connectivity index (χ2n) is 4.64.